The summed E-state index contributed by atoms with van der Waals surface area (Å²) in [4.78, 5) is 16.7. The molecule has 2 aromatic heterocycles. The molecule has 7 heteroatoms. The van der Waals surface area contributed by atoms with Crippen molar-refractivity contribution in [2.45, 2.75) is 13.2 Å². The van der Waals surface area contributed by atoms with Crippen LogP contribution in [0.1, 0.15) is 11.1 Å². The molecule has 0 spiro atoms. The van der Waals surface area contributed by atoms with E-state index in [1.807, 2.05) is 24.3 Å². The quantitative estimate of drug-likeness (QED) is 0.465. The molecule has 29 heavy (non-hydrogen) atoms. The van der Waals surface area contributed by atoms with Crippen LogP contribution in [0.2, 0.25) is 5.02 Å². The minimum Gasteiger partial charge on any atom is -0.487 e. The van der Waals surface area contributed by atoms with Crippen molar-refractivity contribution in [1.82, 2.24) is 9.55 Å². The number of pyridine rings is 2. The Bertz CT molecular complexity index is 1260. The number of hydrogen-bond donors (Lipinski definition) is 0. The molecule has 0 radical (unpaired) electrons. The van der Waals surface area contributed by atoms with Gasteiger partial charge in [-0.1, -0.05) is 23.7 Å². The molecule has 2 heterocycles. The zero-order chi connectivity index (χ0) is 20.4. The van der Waals surface area contributed by atoms with E-state index in [4.69, 9.17) is 16.3 Å². The summed E-state index contributed by atoms with van der Waals surface area (Å²) in [6.07, 6.45) is 5.06. The van der Waals surface area contributed by atoms with E-state index in [0.29, 0.717) is 6.54 Å². The predicted molar refractivity (Wildman–Crippen MR) is 107 cm³/mol. The largest absolute Gasteiger partial charge is 0.487 e. The van der Waals surface area contributed by atoms with Gasteiger partial charge in [-0.3, -0.25) is 9.78 Å². The van der Waals surface area contributed by atoms with Crippen molar-refractivity contribution >= 4 is 22.4 Å². The molecular formula is C22H15ClF2N2O2. The van der Waals surface area contributed by atoms with E-state index in [1.165, 1.54) is 10.6 Å². The van der Waals surface area contributed by atoms with Gasteiger partial charge >= 0.3 is 0 Å². The highest BCUT2D eigenvalue weighted by molar-refractivity contribution is 6.31. The van der Waals surface area contributed by atoms with Gasteiger partial charge in [0.15, 0.2) is 0 Å². The molecule has 0 aliphatic rings. The maximum absolute atomic E-state index is 13.7. The van der Waals surface area contributed by atoms with Crippen molar-refractivity contribution in [3.63, 3.8) is 0 Å². The van der Waals surface area contributed by atoms with E-state index in [2.05, 4.69) is 4.98 Å². The fraction of sp³-hybridized carbons (Fsp3) is 0.0909. The second-order valence-electron chi connectivity index (χ2n) is 6.51. The van der Waals surface area contributed by atoms with Crippen LogP contribution in [0.3, 0.4) is 0 Å². The number of aromatic nitrogens is 2. The lowest BCUT2D eigenvalue weighted by Gasteiger charge is -2.12. The first kappa shape index (κ1) is 19.1. The number of halogens is 3. The van der Waals surface area contributed by atoms with Gasteiger partial charge < -0.3 is 9.30 Å². The summed E-state index contributed by atoms with van der Waals surface area (Å²) in [5.74, 6) is -1.25. The molecule has 4 aromatic rings. The Morgan fingerprint density at radius 1 is 1.03 bits per heavy atom. The van der Waals surface area contributed by atoms with Gasteiger partial charge in [-0.05, 0) is 41.3 Å². The van der Waals surface area contributed by atoms with Crippen molar-refractivity contribution in [2.24, 2.45) is 0 Å². The number of fused-ring (bicyclic) bond motifs is 1. The lowest BCUT2D eigenvalue weighted by Crippen LogP contribution is -2.21. The van der Waals surface area contributed by atoms with Gasteiger partial charge in [-0.25, -0.2) is 8.78 Å². The SMILES string of the molecule is O=c1c(Cl)c(OCc2ccc(F)cc2F)ccn1Cc1ccc2cnccc2c1. The highest BCUT2D eigenvalue weighted by Crippen LogP contribution is 2.22. The first-order valence-corrected chi connectivity index (χ1v) is 9.17. The predicted octanol–water partition coefficient (Wildman–Crippen LogP) is 4.96. The van der Waals surface area contributed by atoms with Crippen molar-refractivity contribution in [3.05, 3.63) is 105 Å². The molecule has 0 saturated heterocycles. The molecule has 4 nitrogen and oxygen atoms in total. The van der Waals surface area contributed by atoms with Gasteiger partial charge in [0.2, 0.25) is 0 Å². The van der Waals surface area contributed by atoms with Crippen molar-refractivity contribution in [2.75, 3.05) is 0 Å². The topological polar surface area (TPSA) is 44.1 Å². The Morgan fingerprint density at radius 2 is 1.90 bits per heavy atom. The molecule has 2 aromatic carbocycles. The van der Waals surface area contributed by atoms with E-state index < -0.39 is 17.2 Å². The first-order chi connectivity index (χ1) is 14.0. The van der Waals surface area contributed by atoms with Gasteiger partial charge in [0.05, 0.1) is 6.54 Å². The Labute approximate surface area is 170 Å². The molecule has 0 unspecified atom stereocenters. The lowest BCUT2D eigenvalue weighted by atomic mass is 10.1. The second kappa shape index (κ2) is 8.01. The number of nitrogens with zero attached hydrogens (tertiary/aromatic N) is 2. The molecule has 0 bridgehead atoms. The van der Waals surface area contributed by atoms with Crippen LogP contribution < -0.4 is 10.3 Å². The van der Waals surface area contributed by atoms with Crippen LogP contribution in [0.25, 0.3) is 10.8 Å². The van der Waals surface area contributed by atoms with Crippen LogP contribution >= 0.6 is 11.6 Å². The molecule has 0 amide bonds. The Kier molecular flexibility index (Phi) is 5.27. The summed E-state index contributed by atoms with van der Waals surface area (Å²) >= 11 is 6.17. The zero-order valence-electron chi connectivity index (χ0n) is 15.1. The van der Waals surface area contributed by atoms with Crippen LogP contribution in [0.15, 0.2) is 71.9 Å². The Hall–Kier alpha value is -3.25. The number of benzene rings is 2. The van der Waals surface area contributed by atoms with E-state index in [1.54, 1.807) is 24.7 Å². The van der Waals surface area contributed by atoms with Crippen LogP contribution in [-0.2, 0) is 13.2 Å². The van der Waals surface area contributed by atoms with Gasteiger partial charge in [0.1, 0.15) is 29.0 Å². The van der Waals surface area contributed by atoms with Crippen LogP contribution in [0.5, 0.6) is 5.75 Å². The van der Waals surface area contributed by atoms with Gasteiger partial charge in [0.25, 0.3) is 5.56 Å². The smallest absolute Gasteiger partial charge is 0.273 e. The highest BCUT2D eigenvalue weighted by atomic mass is 35.5. The van der Waals surface area contributed by atoms with Gasteiger partial charge in [-0.15, -0.1) is 0 Å². The maximum atomic E-state index is 13.7. The summed E-state index contributed by atoms with van der Waals surface area (Å²) in [5, 5.41) is 1.94. The average Bonchev–Trinajstić information content (AvgIpc) is 2.72. The third kappa shape index (κ3) is 4.12. The van der Waals surface area contributed by atoms with Gasteiger partial charge in [0, 0.05) is 35.6 Å². The molecule has 0 N–H and O–H groups in total. The summed E-state index contributed by atoms with van der Waals surface area (Å²) < 4.78 is 33.7. The molecule has 0 aliphatic heterocycles. The Morgan fingerprint density at radius 3 is 2.72 bits per heavy atom. The van der Waals surface area contributed by atoms with E-state index in [-0.39, 0.29) is 22.9 Å². The first-order valence-electron chi connectivity index (χ1n) is 8.79. The third-order valence-electron chi connectivity index (χ3n) is 4.53. The summed E-state index contributed by atoms with van der Waals surface area (Å²) in [7, 11) is 0. The fourth-order valence-corrected chi connectivity index (χ4v) is 3.21. The minimum absolute atomic E-state index is 0.0972. The van der Waals surface area contributed by atoms with Crippen molar-refractivity contribution in [3.8, 4) is 5.75 Å². The summed E-state index contributed by atoms with van der Waals surface area (Å²) in [6, 6.07) is 12.5. The van der Waals surface area contributed by atoms with Crippen LogP contribution in [0, 0.1) is 11.6 Å². The third-order valence-corrected chi connectivity index (χ3v) is 4.87. The summed E-state index contributed by atoms with van der Waals surface area (Å²) in [6.45, 7) is 0.164. The molecule has 0 saturated carbocycles. The molecule has 146 valence electrons. The van der Waals surface area contributed by atoms with Crippen molar-refractivity contribution < 1.29 is 13.5 Å². The van der Waals surface area contributed by atoms with Crippen LogP contribution in [0.4, 0.5) is 8.78 Å². The van der Waals surface area contributed by atoms with Gasteiger partial charge in [-0.2, -0.15) is 0 Å². The molecule has 0 atom stereocenters. The average molecular weight is 413 g/mol. The zero-order valence-corrected chi connectivity index (χ0v) is 15.9. The lowest BCUT2D eigenvalue weighted by molar-refractivity contribution is 0.298. The molecule has 0 aliphatic carbocycles. The molecular weight excluding hydrogens is 398 g/mol. The standard InChI is InChI=1S/C22H15ClF2N2O2/c23-21-20(29-13-17-3-4-18(24)10-19(17)25)6-8-27(22(21)28)12-14-1-2-16-11-26-7-5-15(16)9-14/h1-11H,12-13H2. The molecule has 4 rings (SSSR count). The fourth-order valence-electron chi connectivity index (χ4n) is 2.99. The van der Waals surface area contributed by atoms with Crippen molar-refractivity contribution in [1.29, 1.82) is 0 Å². The monoisotopic (exact) mass is 412 g/mol. The minimum atomic E-state index is -0.721. The number of ether oxygens (including phenoxy) is 1. The number of hydrogen-bond acceptors (Lipinski definition) is 3. The highest BCUT2D eigenvalue weighted by Gasteiger charge is 2.12. The van der Waals surface area contributed by atoms with E-state index >= 15 is 0 Å². The van der Waals surface area contributed by atoms with E-state index in [9.17, 15) is 13.6 Å². The molecule has 0 fully saturated rings. The normalized spacial score (nSPS) is 11.0. The van der Waals surface area contributed by atoms with E-state index in [0.717, 1.165) is 28.5 Å². The maximum Gasteiger partial charge on any atom is 0.273 e. The number of rotatable bonds is 5. The van der Waals surface area contributed by atoms with Crippen LogP contribution in [-0.4, -0.2) is 9.55 Å². The summed E-state index contributed by atoms with van der Waals surface area (Å²) in [5.41, 5.74) is 0.680. The Balaban J connectivity index is 1.54. The second-order valence-corrected chi connectivity index (χ2v) is 6.89.